The Balaban J connectivity index is 1.22. The van der Waals surface area contributed by atoms with Crippen LogP contribution in [-0.4, -0.2) is 60.3 Å². The van der Waals surface area contributed by atoms with Gasteiger partial charge >= 0.3 is 0 Å². The Bertz CT molecular complexity index is 2260. The Labute approximate surface area is 262 Å². The fourth-order valence-corrected chi connectivity index (χ4v) is 6.88. The molecule has 1 aliphatic carbocycles. The van der Waals surface area contributed by atoms with Crippen LogP contribution in [0, 0.1) is 25.6 Å². The molecule has 2 aliphatic rings. The van der Waals surface area contributed by atoms with Crippen LogP contribution in [0.2, 0.25) is 0 Å². The zero-order valence-electron chi connectivity index (χ0n) is 25.6. The summed E-state index contributed by atoms with van der Waals surface area (Å²) in [7, 11) is 0. The predicted octanol–water partition coefficient (Wildman–Crippen LogP) is 5.54. The van der Waals surface area contributed by atoms with Crippen LogP contribution in [0.4, 0.5) is 8.78 Å². The van der Waals surface area contributed by atoms with Gasteiger partial charge in [0, 0.05) is 53.3 Å². The quantitative estimate of drug-likeness (QED) is 0.263. The van der Waals surface area contributed by atoms with E-state index in [-0.39, 0.29) is 36.0 Å². The highest BCUT2D eigenvalue weighted by molar-refractivity contribution is 5.95. The minimum Gasteiger partial charge on any atom is -0.334 e. The van der Waals surface area contributed by atoms with Crippen LogP contribution in [0.5, 0.6) is 0 Å². The summed E-state index contributed by atoms with van der Waals surface area (Å²) in [5.74, 6) is -0.232. The first-order valence-corrected chi connectivity index (χ1v) is 15.7. The molecule has 46 heavy (non-hydrogen) atoms. The summed E-state index contributed by atoms with van der Waals surface area (Å²) < 4.78 is 33.3. The number of aryl methyl sites for hydroxylation is 2. The van der Waals surface area contributed by atoms with E-state index in [2.05, 4.69) is 15.6 Å². The van der Waals surface area contributed by atoms with E-state index in [1.807, 2.05) is 32.0 Å². The molecule has 8 rings (SSSR count). The smallest absolute Gasteiger partial charge is 0.255 e. The van der Waals surface area contributed by atoms with E-state index >= 15 is 4.39 Å². The number of carbonyl (C=O) groups is 1. The van der Waals surface area contributed by atoms with Crippen molar-refractivity contribution in [3.05, 3.63) is 87.6 Å². The molecule has 6 aromatic rings. The Morgan fingerprint density at radius 2 is 1.89 bits per heavy atom. The van der Waals surface area contributed by atoms with Crippen molar-refractivity contribution in [2.24, 2.45) is 11.7 Å². The van der Waals surface area contributed by atoms with E-state index < -0.39 is 12.0 Å². The van der Waals surface area contributed by atoms with E-state index in [1.54, 1.807) is 22.8 Å². The number of likely N-dealkylation sites (tertiary alicyclic amines) is 1. The van der Waals surface area contributed by atoms with Gasteiger partial charge < -0.3 is 20.2 Å². The normalized spacial score (nSPS) is 18.7. The third-order valence-corrected chi connectivity index (χ3v) is 9.48. The lowest BCUT2D eigenvalue weighted by Gasteiger charge is -2.32. The summed E-state index contributed by atoms with van der Waals surface area (Å²) in [6.07, 6.45) is 3.11. The third kappa shape index (κ3) is 4.77. The monoisotopic (exact) mass is 621 g/mol. The van der Waals surface area contributed by atoms with Gasteiger partial charge in [0.2, 0.25) is 5.56 Å². The summed E-state index contributed by atoms with van der Waals surface area (Å²) in [5.41, 5.74) is 12.7. The molecule has 2 fully saturated rings. The van der Waals surface area contributed by atoms with Gasteiger partial charge in [-0.25, -0.2) is 18.3 Å². The second-order valence-electron chi connectivity index (χ2n) is 12.9. The highest BCUT2D eigenvalue weighted by Crippen LogP contribution is 2.38. The van der Waals surface area contributed by atoms with E-state index in [1.165, 1.54) is 17.0 Å². The fraction of sp³-hybridized carbons (Fsp3) is 0.314. The molecular formula is C35H33F2N7O2. The van der Waals surface area contributed by atoms with Gasteiger partial charge in [0.05, 0.1) is 34.5 Å². The number of pyridine rings is 3. The van der Waals surface area contributed by atoms with Crippen molar-refractivity contribution in [3.63, 3.8) is 0 Å². The maximum absolute atomic E-state index is 15.2. The van der Waals surface area contributed by atoms with Crippen LogP contribution in [0.3, 0.4) is 0 Å². The molecule has 2 atom stereocenters. The van der Waals surface area contributed by atoms with E-state index in [0.29, 0.717) is 34.7 Å². The number of hydrogen-bond donors (Lipinski definition) is 2. The molecule has 0 radical (unpaired) electrons. The van der Waals surface area contributed by atoms with Crippen molar-refractivity contribution < 1.29 is 13.6 Å². The summed E-state index contributed by atoms with van der Waals surface area (Å²) in [4.78, 5) is 34.3. The standard InChI is InChI=1S/C35H33F2N7O2/c1-18-25-7-10-31(45)40-33(25)27(37)13-26(18)28-8-5-21-11-30(43(34(21)39-28)14-20-3-4-20)32-19(2)29-9-6-22(15-44(29)41-32)35(46)42-16-23(36)12-24(38)17-42/h5-11,13,15,20,23-24H,3-4,12,14,16-17,38H2,1-2H3,(H,40,45)/t23-,24-/m1/s1. The lowest BCUT2D eigenvalue weighted by molar-refractivity contribution is 0.0606. The number of halogens is 2. The average Bonchev–Trinajstić information content (AvgIpc) is 3.71. The summed E-state index contributed by atoms with van der Waals surface area (Å²) in [6.45, 7) is 5.06. The minimum atomic E-state index is -1.13. The number of benzene rings is 1. The van der Waals surface area contributed by atoms with E-state index in [0.717, 1.165) is 58.5 Å². The van der Waals surface area contributed by atoms with Crippen LogP contribution in [-0.2, 0) is 6.54 Å². The molecule has 1 saturated carbocycles. The van der Waals surface area contributed by atoms with Crippen molar-refractivity contribution in [1.82, 2.24) is 29.0 Å². The molecule has 1 amide bonds. The lowest BCUT2D eigenvalue weighted by Crippen LogP contribution is -2.50. The van der Waals surface area contributed by atoms with Gasteiger partial charge in [0.1, 0.15) is 23.3 Å². The largest absolute Gasteiger partial charge is 0.334 e. The summed E-state index contributed by atoms with van der Waals surface area (Å²) in [5, 5.41) is 6.53. The minimum absolute atomic E-state index is 0.0368. The van der Waals surface area contributed by atoms with Crippen LogP contribution in [0.25, 0.3) is 50.1 Å². The van der Waals surface area contributed by atoms with Gasteiger partial charge in [-0.2, -0.15) is 5.10 Å². The number of alkyl halides is 1. The van der Waals surface area contributed by atoms with Crippen molar-refractivity contribution >= 4 is 33.4 Å². The number of aromatic nitrogens is 5. The Kier molecular flexibility index (Phi) is 6.57. The zero-order valence-corrected chi connectivity index (χ0v) is 25.6. The van der Waals surface area contributed by atoms with Crippen molar-refractivity contribution in [3.8, 4) is 22.6 Å². The van der Waals surface area contributed by atoms with Gasteiger partial charge in [-0.15, -0.1) is 0 Å². The highest BCUT2D eigenvalue weighted by atomic mass is 19.1. The second kappa shape index (κ2) is 10.6. The maximum atomic E-state index is 15.2. The van der Waals surface area contributed by atoms with Crippen molar-refractivity contribution in [1.29, 1.82) is 0 Å². The Hall–Kier alpha value is -4.90. The fourth-order valence-electron chi connectivity index (χ4n) is 6.88. The highest BCUT2D eigenvalue weighted by Gasteiger charge is 2.30. The Morgan fingerprint density at radius 3 is 2.67 bits per heavy atom. The zero-order chi connectivity index (χ0) is 31.9. The number of aromatic amines is 1. The number of fused-ring (bicyclic) bond motifs is 3. The molecule has 1 aliphatic heterocycles. The number of amides is 1. The van der Waals surface area contributed by atoms with Crippen LogP contribution in [0.1, 0.15) is 40.7 Å². The molecule has 5 aromatic heterocycles. The number of nitrogens with two attached hydrogens (primary N) is 1. The molecule has 0 bridgehead atoms. The summed E-state index contributed by atoms with van der Waals surface area (Å²) >= 11 is 0. The number of H-pyrrole nitrogens is 1. The number of nitrogens with zero attached hydrogens (tertiary/aromatic N) is 5. The molecular weight excluding hydrogens is 588 g/mol. The first-order chi connectivity index (χ1) is 22.1. The second-order valence-corrected chi connectivity index (χ2v) is 12.9. The SMILES string of the molecule is Cc1c(-c2ccc3cc(-c4nn5cc(C(=O)N6C[C@H](N)C[C@@H](F)C6)ccc5c4C)n(CC4CC4)c3n2)cc(F)c2[nH]c(=O)ccc12. The summed E-state index contributed by atoms with van der Waals surface area (Å²) in [6, 6.07) is 13.7. The molecule has 0 spiro atoms. The van der Waals surface area contributed by atoms with Crippen LogP contribution in [0.15, 0.2) is 59.5 Å². The number of nitrogens with one attached hydrogen (secondary N) is 1. The molecule has 0 unspecified atom stereocenters. The van der Waals surface area contributed by atoms with E-state index in [4.69, 9.17) is 15.8 Å². The predicted molar refractivity (Wildman–Crippen MR) is 173 cm³/mol. The first kappa shape index (κ1) is 28.6. The molecule has 9 nitrogen and oxygen atoms in total. The molecule has 1 aromatic carbocycles. The van der Waals surface area contributed by atoms with Gasteiger partial charge in [-0.3, -0.25) is 9.59 Å². The third-order valence-electron chi connectivity index (χ3n) is 9.48. The topological polar surface area (TPSA) is 114 Å². The van der Waals surface area contributed by atoms with Gasteiger partial charge in [-0.05, 0) is 87.1 Å². The molecule has 11 heteroatoms. The Morgan fingerprint density at radius 1 is 1.07 bits per heavy atom. The molecule has 1 saturated heterocycles. The van der Waals surface area contributed by atoms with Gasteiger partial charge in [0.25, 0.3) is 5.91 Å². The molecule has 3 N–H and O–H groups in total. The van der Waals surface area contributed by atoms with Gasteiger partial charge in [-0.1, -0.05) is 0 Å². The lowest BCUT2D eigenvalue weighted by atomic mass is 9.99. The first-order valence-electron chi connectivity index (χ1n) is 15.7. The van der Waals surface area contributed by atoms with Crippen molar-refractivity contribution in [2.75, 3.05) is 13.1 Å². The molecule has 234 valence electrons. The number of carbonyl (C=O) groups excluding carboxylic acids is 1. The average molecular weight is 622 g/mol. The maximum Gasteiger partial charge on any atom is 0.255 e. The van der Waals surface area contributed by atoms with E-state index in [9.17, 15) is 14.0 Å². The number of hydrogen-bond acceptors (Lipinski definition) is 5. The van der Waals surface area contributed by atoms with Crippen LogP contribution < -0.4 is 11.3 Å². The van der Waals surface area contributed by atoms with Crippen molar-refractivity contribution in [2.45, 2.75) is 51.9 Å². The number of rotatable bonds is 5. The number of piperidine rings is 1. The van der Waals surface area contributed by atoms with Gasteiger partial charge in [0.15, 0.2) is 0 Å². The van der Waals surface area contributed by atoms with Crippen LogP contribution >= 0.6 is 0 Å². The molecule has 6 heterocycles.